The molecule has 2 rings (SSSR count). The predicted molar refractivity (Wildman–Crippen MR) is 83.9 cm³/mol. The number of nitrogens with zero attached hydrogens (tertiary/aromatic N) is 3. The maximum Gasteiger partial charge on any atom is 0.119 e. The highest BCUT2D eigenvalue weighted by Gasteiger charge is 2.03. The zero-order valence-electron chi connectivity index (χ0n) is 11.4. The van der Waals surface area contributed by atoms with Gasteiger partial charge in [0.05, 0.1) is 4.88 Å². The molecule has 0 atom stereocenters. The molecule has 0 fully saturated rings. The van der Waals surface area contributed by atoms with Crippen LogP contribution < -0.4 is 0 Å². The zero-order chi connectivity index (χ0) is 13.5. The van der Waals surface area contributed by atoms with E-state index in [4.69, 9.17) is 0 Å². The standard InChI is InChI=1S/C14H19N3S2/c1-3-17(4-2)9-11-19-14-8-7-12(15-16-14)13-6-5-10-18-13/h5-8,10H,3-4,9,11H2,1-2H3. The smallest absolute Gasteiger partial charge is 0.119 e. The summed E-state index contributed by atoms with van der Waals surface area (Å²) in [5.74, 6) is 1.06. The highest BCUT2D eigenvalue weighted by molar-refractivity contribution is 7.99. The third-order valence-electron chi connectivity index (χ3n) is 2.97. The van der Waals surface area contributed by atoms with E-state index >= 15 is 0 Å². The van der Waals surface area contributed by atoms with E-state index in [1.54, 1.807) is 23.1 Å². The molecule has 102 valence electrons. The fourth-order valence-electron chi connectivity index (χ4n) is 1.77. The Morgan fingerprint density at radius 2 is 2.00 bits per heavy atom. The first-order valence-electron chi connectivity index (χ1n) is 6.56. The second kappa shape index (κ2) is 7.62. The molecule has 0 saturated carbocycles. The first-order chi connectivity index (χ1) is 9.33. The summed E-state index contributed by atoms with van der Waals surface area (Å²) in [7, 11) is 0. The quantitative estimate of drug-likeness (QED) is 0.729. The maximum atomic E-state index is 4.29. The van der Waals surface area contributed by atoms with Crippen LogP contribution in [-0.4, -0.2) is 40.5 Å². The third kappa shape index (κ3) is 4.30. The second-order valence-corrected chi connectivity index (χ2v) is 6.17. The Morgan fingerprint density at radius 3 is 2.58 bits per heavy atom. The van der Waals surface area contributed by atoms with Gasteiger partial charge in [-0.2, -0.15) is 0 Å². The fraction of sp³-hybridized carbons (Fsp3) is 0.429. The Hall–Kier alpha value is -0.910. The second-order valence-electron chi connectivity index (χ2n) is 4.11. The summed E-state index contributed by atoms with van der Waals surface area (Å²) >= 11 is 3.47. The molecule has 0 aliphatic heterocycles. The van der Waals surface area contributed by atoms with Crippen LogP contribution >= 0.6 is 23.1 Å². The fourth-order valence-corrected chi connectivity index (χ4v) is 3.28. The summed E-state index contributed by atoms with van der Waals surface area (Å²) in [5.41, 5.74) is 0.961. The van der Waals surface area contributed by atoms with E-state index in [1.807, 2.05) is 6.07 Å². The summed E-state index contributed by atoms with van der Waals surface area (Å²) in [5, 5.41) is 11.6. The van der Waals surface area contributed by atoms with Crippen LogP contribution in [0.3, 0.4) is 0 Å². The van der Waals surface area contributed by atoms with Crippen molar-refractivity contribution in [3.63, 3.8) is 0 Å². The molecule has 0 amide bonds. The lowest BCUT2D eigenvalue weighted by Crippen LogP contribution is -2.25. The summed E-state index contributed by atoms with van der Waals surface area (Å²) < 4.78 is 0. The van der Waals surface area contributed by atoms with Crippen LogP contribution in [0, 0.1) is 0 Å². The average Bonchev–Trinajstić information content (AvgIpc) is 2.98. The number of hydrogen-bond acceptors (Lipinski definition) is 5. The Kier molecular flexibility index (Phi) is 5.82. The highest BCUT2D eigenvalue weighted by Crippen LogP contribution is 2.23. The van der Waals surface area contributed by atoms with Gasteiger partial charge in [0.1, 0.15) is 10.7 Å². The lowest BCUT2D eigenvalue weighted by Gasteiger charge is -2.16. The highest BCUT2D eigenvalue weighted by atomic mass is 32.2. The molecule has 5 heteroatoms. The normalized spacial score (nSPS) is 11.1. The molecule has 0 bridgehead atoms. The molecule has 0 spiro atoms. The number of thiophene rings is 1. The van der Waals surface area contributed by atoms with Crippen LogP contribution in [0.1, 0.15) is 13.8 Å². The van der Waals surface area contributed by atoms with Gasteiger partial charge >= 0.3 is 0 Å². The molecule has 0 radical (unpaired) electrons. The summed E-state index contributed by atoms with van der Waals surface area (Å²) in [4.78, 5) is 3.59. The molecular weight excluding hydrogens is 274 g/mol. The van der Waals surface area contributed by atoms with Crippen molar-refractivity contribution in [2.45, 2.75) is 18.9 Å². The van der Waals surface area contributed by atoms with Gasteiger partial charge in [0.2, 0.25) is 0 Å². The van der Waals surface area contributed by atoms with Crippen molar-refractivity contribution in [3.05, 3.63) is 29.6 Å². The SMILES string of the molecule is CCN(CC)CCSc1ccc(-c2cccs2)nn1. The van der Waals surface area contributed by atoms with Gasteiger partial charge in [-0.15, -0.1) is 33.3 Å². The summed E-state index contributed by atoms with van der Waals surface area (Å²) in [6, 6.07) is 8.23. The van der Waals surface area contributed by atoms with Gasteiger partial charge in [-0.25, -0.2) is 0 Å². The molecule has 3 nitrogen and oxygen atoms in total. The van der Waals surface area contributed by atoms with Gasteiger partial charge in [-0.1, -0.05) is 19.9 Å². The molecule has 0 aromatic carbocycles. The Bertz CT molecular complexity index is 464. The van der Waals surface area contributed by atoms with E-state index in [0.717, 1.165) is 36.1 Å². The van der Waals surface area contributed by atoms with Crippen molar-refractivity contribution >= 4 is 23.1 Å². The third-order valence-corrected chi connectivity index (χ3v) is 4.76. The van der Waals surface area contributed by atoms with Crippen molar-refractivity contribution < 1.29 is 0 Å². The van der Waals surface area contributed by atoms with E-state index < -0.39 is 0 Å². The van der Waals surface area contributed by atoms with Gasteiger partial charge < -0.3 is 4.90 Å². The van der Waals surface area contributed by atoms with Crippen LogP contribution in [-0.2, 0) is 0 Å². The molecular formula is C14H19N3S2. The Balaban J connectivity index is 1.85. The van der Waals surface area contributed by atoms with Gasteiger partial charge in [-0.05, 0) is 36.7 Å². The Morgan fingerprint density at radius 1 is 1.16 bits per heavy atom. The molecule has 0 unspecified atom stereocenters. The van der Waals surface area contributed by atoms with E-state index in [-0.39, 0.29) is 0 Å². The number of aromatic nitrogens is 2. The number of rotatable bonds is 7. The van der Waals surface area contributed by atoms with Crippen molar-refractivity contribution in [1.82, 2.24) is 15.1 Å². The molecule has 2 aromatic rings. The minimum atomic E-state index is 0.961. The maximum absolute atomic E-state index is 4.29. The average molecular weight is 293 g/mol. The monoisotopic (exact) mass is 293 g/mol. The van der Waals surface area contributed by atoms with Gasteiger partial charge in [0.25, 0.3) is 0 Å². The van der Waals surface area contributed by atoms with E-state index in [9.17, 15) is 0 Å². The minimum absolute atomic E-state index is 0.961. The zero-order valence-corrected chi connectivity index (χ0v) is 13.0. The first kappa shape index (κ1) is 14.5. The predicted octanol–water partition coefficient (Wildman–Crippen LogP) is 3.64. The molecule has 2 heterocycles. The lowest BCUT2D eigenvalue weighted by molar-refractivity contribution is 0.324. The minimum Gasteiger partial charge on any atom is -0.303 e. The molecule has 0 aliphatic carbocycles. The van der Waals surface area contributed by atoms with E-state index in [2.05, 4.69) is 52.5 Å². The number of hydrogen-bond donors (Lipinski definition) is 0. The molecule has 0 saturated heterocycles. The molecule has 19 heavy (non-hydrogen) atoms. The lowest BCUT2D eigenvalue weighted by atomic mass is 10.3. The van der Waals surface area contributed by atoms with Crippen molar-refractivity contribution in [2.75, 3.05) is 25.4 Å². The topological polar surface area (TPSA) is 29.0 Å². The van der Waals surface area contributed by atoms with Crippen LogP contribution in [0.5, 0.6) is 0 Å². The number of thioether (sulfide) groups is 1. The van der Waals surface area contributed by atoms with E-state index in [1.165, 1.54) is 4.88 Å². The Labute approximate surface area is 123 Å². The molecule has 0 N–H and O–H groups in total. The van der Waals surface area contributed by atoms with Crippen molar-refractivity contribution in [1.29, 1.82) is 0 Å². The van der Waals surface area contributed by atoms with Crippen LogP contribution in [0.4, 0.5) is 0 Å². The largest absolute Gasteiger partial charge is 0.303 e. The first-order valence-corrected chi connectivity index (χ1v) is 8.42. The van der Waals surface area contributed by atoms with E-state index in [0.29, 0.717) is 0 Å². The van der Waals surface area contributed by atoms with Crippen molar-refractivity contribution in [3.8, 4) is 10.6 Å². The van der Waals surface area contributed by atoms with Crippen LogP contribution in [0.25, 0.3) is 10.6 Å². The van der Waals surface area contributed by atoms with Crippen LogP contribution in [0.2, 0.25) is 0 Å². The summed E-state index contributed by atoms with van der Waals surface area (Å²) in [6.07, 6.45) is 0. The van der Waals surface area contributed by atoms with Crippen molar-refractivity contribution in [2.24, 2.45) is 0 Å². The van der Waals surface area contributed by atoms with Crippen LogP contribution in [0.15, 0.2) is 34.7 Å². The van der Waals surface area contributed by atoms with Gasteiger partial charge in [0.15, 0.2) is 0 Å². The van der Waals surface area contributed by atoms with Gasteiger partial charge in [-0.3, -0.25) is 0 Å². The molecule has 0 aliphatic rings. The van der Waals surface area contributed by atoms with Gasteiger partial charge in [0, 0.05) is 12.3 Å². The summed E-state index contributed by atoms with van der Waals surface area (Å²) in [6.45, 7) is 7.72. The molecule has 2 aromatic heterocycles.